The molecule has 0 unspecified atom stereocenters. The molecule has 23 heavy (non-hydrogen) atoms. The van der Waals surface area contributed by atoms with Gasteiger partial charge in [-0.05, 0) is 31.5 Å². The molecular formula is C17H18N6. The average Bonchev–Trinajstić information content (AvgIpc) is 3.27. The first kappa shape index (κ1) is 13.9. The van der Waals surface area contributed by atoms with Crippen molar-refractivity contribution in [1.29, 1.82) is 0 Å². The van der Waals surface area contributed by atoms with Gasteiger partial charge in [0.25, 0.3) is 0 Å². The standard InChI is InChI=1S/C17H18N6/c1-12-21-14(10-15(22-12)17-19-7-8-20-17)13-5-9-23(11-13)16-4-2-3-6-18-16/h2-4,6-8,10,13H,5,9,11H2,1H3,(H,19,20)/t13-/m0/s1. The predicted molar refractivity (Wildman–Crippen MR) is 88.2 cm³/mol. The summed E-state index contributed by atoms with van der Waals surface area (Å²) >= 11 is 0. The van der Waals surface area contributed by atoms with Crippen LogP contribution in [0.25, 0.3) is 11.5 Å². The molecule has 0 aliphatic carbocycles. The van der Waals surface area contributed by atoms with Crippen LogP contribution in [0.2, 0.25) is 0 Å². The number of H-pyrrole nitrogens is 1. The molecule has 4 rings (SSSR count). The summed E-state index contributed by atoms with van der Waals surface area (Å²) in [6.45, 7) is 3.87. The lowest BCUT2D eigenvalue weighted by Crippen LogP contribution is -2.20. The van der Waals surface area contributed by atoms with E-state index in [4.69, 9.17) is 0 Å². The quantitative estimate of drug-likeness (QED) is 0.805. The molecule has 1 N–H and O–H groups in total. The van der Waals surface area contributed by atoms with Gasteiger partial charge >= 0.3 is 0 Å². The van der Waals surface area contributed by atoms with E-state index in [1.807, 2.05) is 31.5 Å². The van der Waals surface area contributed by atoms with E-state index in [1.54, 1.807) is 6.20 Å². The Kier molecular flexibility index (Phi) is 3.49. The molecular weight excluding hydrogens is 288 g/mol. The fourth-order valence-corrected chi connectivity index (χ4v) is 3.08. The van der Waals surface area contributed by atoms with Crippen LogP contribution in [-0.2, 0) is 0 Å². The van der Waals surface area contributed by atoms with Gasteiger partial charge in [0.1, 0.15) is 17.3 Å². The van der Waals surface area contributed by atoms with Gasteiger partial charge in [-0.2, -0.15) is 0 Å². The summed E-state index contributed by atoms with van der Waals surface area (Å²) in [6.07, 6.45) is 6.47. The van der Waals surface area contributed by atoms with Crippen LogP contribution >= 0.6 is 0 Å². The Morgan fingerprint density at radius 3 is 2.91 bits per heavy atom. The SMILES string of the molecule is Cc1nc(-c2ncc[nH]2)cc([C@H]2CCN(c3ccccn3)C2)n1. The molecule has 1 aliphatic rings. The van der Waals surface area contributed by atoms with Crippen molar-refractivity contribution >= 4 is 5.82 Å². The minimum absolute atomic E-state index is 0.396. The molecule has 0 spiro atoms. The first-order chi connectivity index (χ1) is 11.3. The third-order valence-electron chi connectivity index (χ3n) is 4.18. The number of anilines is 1. The molecule has 0 saturated carbocycles. The molecule has 6 heteroatoms. The summed E-state index contributed by atoms with van der Waals surface area (Å²) in [7, 11) is 0. The number of rotatable bonds is 3. The first-order valence-electron chi connectivity index (χ1n) is 7.81. The highest BCUT2D eigenvalue weighted by Crippen LogP contribution is 2.30. The van der Waals surface area contributed by atoms with Crippen molar-refractivity contribution in [2.45, 2.75) is 19.3 Å². The molecule has 1 fully saturated rings. The smallest absolute Gasteiger partial charge is 0.156 e. The summed E-state index contributed by atoms with van der Waals surface area (Å²) in [5.74, 6) is 3.00. The zero-order valence-electron chi connectivity index (χ0n) is 13.0. The number of pyridine rings is 1. The van der Waals surface area contributed by atoms with Crippen LogP contribution < -0.4 is 4.90 Å². The Morgan fingerprint density at radius 1 is 1.17 bits per heavy atom. The molecule has 1 atom stereocenters. The molecule has 0 bridgehead atoms. The third kappa shape index (κ3) is 2.79. The average molecular weight is 306 g/mol. The number of hydrogen-bond donors (Lipinski definition) is 1. The van der Waals surface area contributed by atoms with Crippen molar-refractivity contribution in [2.24, 2.45) is 0 Å². The lowest BCUT2D eigenvalue weighted by atomic mass is 10.0. The number of aryl methyl sites for hydroxylation is 1. The Morgan fingerprint density at radius 2 is 2.13 bits per heavy atom. The number of hydrogen-bond acceptors (Lipinski definition) is 5. The second-order valence-corrected chi connectivity index (χ2v) is 5.78. The van der Waals surface area contributed by atoms with Gasteiger partial charge in [-0.25, -0.2) is 19.9 Å². The molecule has 0 amide bonds. The van der Waals surface area contributed by atoms with Gasteiger partial charge in [-0.15, -0.1) is 0 Å². The van der Waals surface area contributed by atoms with E-state index < -0.39 is 0 Å². The molecule has 0 aromatic carbocycles. The highest BCUT2D eigenvalue weighted by atomic mass is 15.2. The van der Waals surface area contributed by atoms with Crippen LogP contribution in [0.4, 0.5) is 5.82 Å². The Bertz CT molecular complexity index is 784. The molecule has 6 nitrogen and oxygen atoms in total. The summed E-state index contributed by atoms with van der Waals surface area (Å²) in [6, 6.07) is 8.08. The Labute approximate surface area is 134 Å². The molecule has 3 aromatic rings. The van der Waals surface area contributed by atoms with E-state index in [9.17, 15) is 0 Å². The van der Waals surface area contributed by atoms with Crippen molar-refractivity contribution in [3.8, 4) is 11.5 Å². The van der Waals surface area contributed by atoms with E-state index >= 15 is 0 Å². The van der Waals surface area contributed by atoms with Gasteiger partial charge in [-0.3, -0.25) is 0 Å². The Balaban J connectivity index is 1.59. The van der Waals surface area contributed by atoms with Crippen LogP contribution in [0.1, 0.15) is 23.9 Å². The second-order valence-electron chi connectivity index (χ2n) is 5.78. The molecule has 4 heterocycles. The van der Waals surface area contributed by atoms with E-state index in [0.717, 1.165) is 48.4 Å². The van der Waals surface area contributed by atoms with Gasteiger partial charge in [-0.1, -0.05) is 6.07 Å². The van der Waals surface area contributed by atoms with E-state index in [0.29, 0.717) is 5.92 Å². The molecule has 1 aliphatic heterocycles. The molecule has 116 valence electrons. The highest BCUT2D eigenvalue weighted by Gasteiger charge is 2.26. The largest absolute Gasteiger partial charge is 0.356 e. The maximum absolute atomic E-state index is 4.65. The van der Waals surface area contributed by atoms with Crippen LogP contribution in [0.3, 0.4) is 0 Å². The van der Waals surface area contributed by atoms with Crippen LogP contribution in [0.15, 0.2) is 42.9 Å². The van der Waals surface area contributed by atoms with Crippen LogP contribution in [0, 0.1) is 6.92 Å². The number of nitrogens with zero attached hydrogens (tertiary/aromatic N) is 5. The number of aromatic amines is 1. The zero-order valence-corrected chi connectivity index (χ0v) is 13.0. The topological polar surface area (TPSA) is 70.6 Å². The second kappa shape index (κ2) is 5.79. The monoisotopic (exact) mass is 306 g/mol. The Hall–Kier alpha value is -2.76. The highest BCUT2D eigenvalue weighted by molar-refractivity contribution is 5.50. The van der Waals surface area contributed by atoms with E-state index in [2.05, 4.69) is 42.0 Å². The van der Waals surface area contributed by atoms with Gasteiger partial charge in [0.2, 0.25) is 0 Å². The van der Waals surface area contributed by atoms with Crippen molar-refractivity contribution in [3.05, 3.63) is 54.4 Å². The van der Waals surface area contributed by atoms with Gasteiger partial charge in [0, 0.05) is 43.3 Å². The summed E-state index contributed by atoms with van der Waals surface area (Å²) in [5, 5.41) is 0. The molecule has 0 radical (unpaired) electrons. The lowest BCUT2D eigenvalue weighted by Gasteiger charge is -2.17. The van der Waals surface area contributed by atoms with Gasteiger partial charge < -0.3 is 9.88 Å². The minimum atomic E-state index is 0.396. The molecule has 3 aromatic heterocycles. The first-order valence-corrected chi connectivity index (χ1v) is 7.81. The summed E-state index contributed by atoms with van der Waals surface area (Å²) < 4.78 is 0. The van der Waals surface area contributed by atoms with Gasteiger partial charge in [0.05, 0.1) is 0 Å². The maximum Gasteiger partial charge on any atom is 0.156 e. The zero-order chi connectivity index (χ0) is 15.6. The fraction of sp³-hybridized carbons (Fsp3) is 0.294. The van der Waals surface area contributed by atoms with E-state index in [1.165, 1.54) is 0 Å². The number of imidazole rings is 1. The van der Waals surface area contributed by atoms with Gasteiger partial charge in [0.15, 0.2) is 5.82 Å². The maximum atomic E-state index is 4.65. The minimum Gasteiger partial charge on any atom is -0.356 e. The number of nitrogens with one attached hydrogen (secondary N) is 1. The fourth-order valence-electron chi connectivity index (χ4n) is 3.08. The third-order valence-corrected chi connectivity index (χ3v) is 4.18. The van der Waals surface area contributed by atoms with Crippen molar-refractivity contribution in [2.75, 3.05) is 18.0 Å². The van der Waals surface area contributed by atoms with Crippen LogP contribution in [-0.4, -0.2) is 38.0 Å². The predicted octanol–water partition coefficient (Wildman–Crippen LogP) is 2.56. The lowest BCUT2D eigenvalue weighted by molar-refractivity contribution is 0.732. The van der Waals surface area contributed by atoms with Crippen LogP contribution in [0.5, 0.6) is 0 Å². The van der Waals surface area contributed by atoms with Crippen molar-refractivity contribution < 1.29 is 0 Å². The van der Waals surface area contributed by atoms with Crippen molar-refractivity contribution in [1.82, 2.24) is 24.9 Å². The summed E-state index contributed by atoms with van der Waals surface area (Å²) in [5.41, 5.74) is 1.94. The molecule has 1 saturated heterocycles. The van der Waals surface area contributed by atoms with Crippen molar-refractivity contribution in [3.63, 3.8) is 0 Å². The summed E-state index contributed by atoms with van der Waals surface area (Å²) in [4.78, 5) is 23.3. The van der Waals surface area contributed by atoms with E-state index in [-0.39, 0.29) is 0 Å². The normalized spacial score (nSPS) is 17.6. The number of aromatic nitrogens is 5.